The zero-order chi connectivity index (χ0) is 14.3. The molecule has 20 heavy (non-hydrogen) atoms. The van der Waals surface area contributed by atoms with Gasteiger partial charge < -0.3 is 15.4 Å². The van der Waals surface area contributed by atoms with Crippen molar-refractivity contribution < 1.29 is 9.53 Å². The topological polar surface area (TPSA) is 50.4 Å². The second-order valence-electron chi connectivity index (χ2n) is 6.76. The van der Waals surface area contributed by atoms with Gasteiger partial charge in [0.1, 0.15) is 5.60 Å². The molecule has 0 aromatic heterocycles. The number of carbonyl (C=O) groups excluding carboxylic acids is 1. The molecule has 0 spiro atoms. The molecule has 1 aliphatic carbocycles. The van der Waals surface area contributed by atoms with Gasteiger partial charge in [-0.3, -0.25) is 0 Å². The number of hydrogen-bond donors (Lipinski definition) is 2. The molecule has 0 bridgehead atoms. The highest BCUT2D eigenvalue weighted by molar-refractivity contribution is 5.68. The first-order valence-corrected chi connectivity index (χ1v) is 7.27. The van der Waals surface area contributed by atoms with Gasteiger partial charge in [-0.15, -0.1) is 0 Å². The lowest BCUT2D eigenvalue weighted by Gasteiger charge is -2.22. The number of benzene rings is 1. The molecular formula is C16H22N2O2. The van der Waals surface area contributed by atoms with Crippen LogP contribution in [0, 0.1) is 0 Å². The van der Waals surface area contributed by atoms with E-state index >= 15 is 0 Å². The summed E-state index contributed by atoms with van der Waals surface area (Å²) in [6.45, 7) is 5.65. The first kappa shape index (κ1) is 13.3. The number of amides is 1. The maximum atomic E-state index is 11.8. The number of anilines is 1. The van der Waals surface area contributed by atoms with E-state index < -0.39 is 5.60 Å². The highest BCUT2D eigenvalue weighted by atomic mass is 16.6. The Morgan fingerprint density at radius 3 is 2.80 bits per heavy atom. The molecule has 1 saturated carbocycles. The minimum atomic E-state index is -0.441. The summed E-state index contributed by atoms with van der Waals surface area (Å²) < 4.78 is 5.32. The molecule has 3 rings (SSSR count). The van der Waals surface area contributed by atoms with E-state index in [1.54, 1.807) is 0 Å². The summed E-state index contributed by atoms with van der Waals surface area (Å²) in [6.07, 6.45) is 1.63. The molecule has 0 radical (unpaired) electrons. The SMILES string of the molecule is CC(C)(C)OC(=O)NC1CC2Nc3ccccc3C2C1. The molecule has 1 fully saturated rings. The summed E-state index contributed by atoms with van der Waals surface area (Å²) in [5.41, 5.74) is 2.19. The first-order chi connectivity index (χ1) is 9.42. The van der Waals surface area contributed by atoms with Crippen molar-refractivity contribution >= 4 is 11.8 Å². The Morgan fingerprint density at radius 2 is 2.05 bits per heavy atom. The van der Waals surface area contributed by atoms with Gasteiger partial charge in [-0.25, -0.2) is 4.79 Å². The van der Waals surface area contributed by atoms with Gasteiger partial charge in [0.15, 0.2) is 0 Å². The first-order valence-electron chi connectivity index (χ1n) is 7.27. The maximum absolute atomic E-state index is 11.8. The summed E-state index contributed by atoms with van der Waals surface area (Å²) in [4.78, 5) is 11.8. The minimum absolute atomic E-state index is 0.195. The van der Waals surface area contributed by atoms with Gasteiger partial charge in [-0.05, 0) is 45.2 Å². The summed E-state index contributed by atoms with van der Waals surface area (Å²) in [7, 11) is 0. The van der Waals surface area contributed by atoms with Crippen molar-refractivity contribution in [1.29, 1.82) is 0 Å². The quantitative estimate of drug-likeness (QED) is 0.826. The smallest absolute Gasteiger partial charge is 0.407 e. The molecule has 4 nitrogen and oxygen atoms in total. The summed E-state index contributed by atoms with van der Waals surface area (Å²) in [5.74, 6) is 0.506. The summed E-state index contributed by atoms with van der Waals surface area (Å²) >= 11 is 0. The molecule has 1 aromatic rings. The summed E-state index contributed by atoms with van der Waals surface area (Å²) in [5, 5.41) is 6.55. The number of carbonyl (C=O) groups is 1. The van der Waals surface area contributed by atoms with Gasteiger partial charge >= 0.3 is 6.09 Å². The van der Waals surface area contributed by atoms with Crippen LogP contribution in [0.15, 0.2) is 24.3 Å². The standard InChI is InChI=1S/C16H22N2O2/c1-16(2,3)20-15(19)17-10-8-12-11-6-4-5-7-13(11)18-14(12)9-10/h4-7,10,12,14,18H,8-9H2,1-3H3,(H,17,19). The van der Waals surface area contributed by atoms with Crippen molar-refractivity contribution in [2.45, 2.75) is 57.2 Å². The number of nitrogens with one attached hydrogen (secondary N) is 2. The molecule has 4 heteroatoms. The average Bonchev–Trinajstić information content (AvgIpc) is 2.83. The van der Waals surface area contributed by atoms with Crippen LogP contribution in [0.4, 0.5) is 10.5 Å². The zero-order valence-electron chi connectivity index (χ0n) is 12.3. The maximum Gasteiger partial charge on any atom is 0.407 e. The number of alkyl carbamates (subject to hydrolysis) is 1. The van der Waals surface area contributed by atoms with Crippen LogP contribution in [-0.4, -0.2) is 23.8 Å². The fourth-order valence-corrected chi connectivity index (χ4v) is 3.28. The van der Waals surface area contributed by atoms with Crippen LogP contribution in [0.25, 0.3) is 0 Å². The largest absolute Gasteiger partial charge is 0.444 e. The third kappa shape index (κ3) is 2.60. The van der Waals surface area contributed by atoms with Gasteiger partial charge in [0.25, 0.3) is 0 Å². The highest BCUT2D eigenvalue weighted by Gasteiger charge is 2.41. The molecule has 3 atom stereocenters. The van der Waals surface area contributed by atoms with Crippen molar-refractivity contribution in [3.63, 3.8) is 0 Å². The Hall–Kier alpha value is -1.71. The van der Waals surface area contributed by atoms with Gasteiger partial charge in [0.05, 0.1) is 0 Å². The van der Waals surface area contributed by atoms with Crippen molar-refractivity contribution in [2.75, 3.05) is 5.32 Å². The van der Waals surface area contributed by atoms with E-state index in [1.165, 1.54) is 11.3 Å². The van der Waals surface area contributed by atoms with Crippen LogP contribution < -0.4 is 10.6 Å². The second-order valence-corrected chi connectivity index (χ2v) is 6.76. The fourth-order valence-electron chi connectivity index (χ4n) is 3.28. The predicted molar refractivity (Wildman–Crippen MR) is 79.0 cm³/mol. The Labute approximate surface area is 119 Å². The number of fused-ring (bicyclic) bond motifs is 3. The van der Waals surface area contributed by atoms with Crippen LogP contribution in [0.1, 0.15) is 45.1 Å². The van der Waals surface area contributed by atoms with E-state index in [0.29, 0.717) is 12.0 Å². The average molecular weight is 274 g/mol. The number of hydrogen-bond acceptors (Lipinski definition) is 3. The Kier molecular flexibility index (Phi) is 3.11. The van der Waals surface area contributed by atoms with E-state index in [0.717, 1.165) is 12.8 Å². The van der Waals surface area contributed by atoms with E-state index in [1.807, 2.05) is 20.8 Å². The molecule has 2 N–H and O–H groups in total. The summed E-state index contributed by atoms with van der Waals surface area (Å²) in [6, 6.07) is 9.08. The molecule has 1 aliphatic heterocycles. The van der Waals surface area contributed by atoms with Gasteiger partial charge in [0, 0.05) is 23.7 Å². The van der Waals surface area contributed by atoms with Crippen molar-refractivity contribution in [1.82, 2.24) is 5.32 Å². The minimum Gasteiger partial charge on any atom is -0.444 e. The lowest BCUT2D eigenvalue weighted by atomic mass is 9.97. The Morgan fingerprint density at radius 1 is 1.30 bits per heavy atom. The van der Waals surface area contributed by atoms with E-state index in [2.05, 4.69) is 34.9 Å². The number of para-hydroxylation sites is 1. The third-order valence-electron chi connectivity index (χ3n) is 3.98. The van der Waals surface area contributed by atoms with Crippen LogP contribution in [0.2, 0.25) is 0 Å². The van der Waals surface area contributed by atoms with Gasteiger partial charge in [-0.2, -0.15) is 0 Å². The molecule has 0 saturated heterocycles. The van der Waals surface area contributed by atoms with Crippen molar-refractivity contribution in [3.05, 3.63) is 29.8 Å². The number of ether oxygens (including phenoxy) is 1. The second kappa shape index (κ2) is 4.69. The van der Waals surface area contributed by atoms with Gasteiger partial charge in [-0.1, -0.05) is 18.2 Å². The molecule has 1 aromatic carbocycles. The predicted octanol–water partition coefficient (Wildman–Crippen LogP) is 3.25. The third-order valence-corrected chi connectivity index (χ3v) is 3.98. The van der Waals surface area contributed by atoms with E-state index in [4.69, 9.17) is 4.74 Å². The van der Waals surface area contributed by atoms with Crippen molar-refractivity contribution in [2.24, 2.45) is 0 Å². The Balaban J connectivity index is 1.61. The van der Waals surface area contributed by atoms with Crippen LogP contribution in [0.5, 0.6) is 0 Å². The fraction of sp³-hybridized carbons (Fsp3) is 0.562. The lowest BCUT2D eigenvalue weighted by molar-refractivity contribution is 0.0505. The monoisotopic (exact) mass is 274 g/mol. The van der Waals surface area contributed by atoms with E-state index in [-0.39, 0.29) is 12.1 Å². The molecule has 1 amide bonds. The highest BCUT2D eigenvalue weighted by Crippen LogP contribution is 2.45. The molecule has 3 unspecified atom stereocenters. The normalized spacial score (nSPS) is 27.4. The molecule has 1 heterocycles. The van der Waals surface area contributed by atoms with Crippen molar-refractivity contribution in [3.8, 4) is 0 Å². The Bertz CT molecular complexity index is 521. The van der Waals surface area contributed by atoms with Crippen LogP contribution >= 0.6 is 0 Å². The lowest BCUT2D eigenvalue weighted by Crippen LogP contribution is -2.38. The van der Waals surface area contributed by atoms with Crippen LogP contribution in [0.3, 0.4) is 0 Å². The van der Waals surface area contributed by atoms with Crippen LogP contribution in [-0.2, 0) is 4.74 Å². The molecule has 108 valence electrons. The molecule has 2 aliphatic rings. The van der Waals surface area contributed by atoms with Gasteiger partial charge in [0.2, 0.25) is 0 Å². The zero-order valence-corrected chi connectivity index (χ0v) is 12.3. The number of rotatable bonds is 1. The molecular weight excluding hydrogens is 252 g/mol. The van der Waals surface area contributed by atoms with E-state index in [9.17, 15) is 4.79 Å².